The highest BCUT2D eigenvalue weighted by Gasteiger charge is 2.33. The maximum atomic E-state index is 13.8. The molecular weight excluding hydrogens is 575 g/mol. The van der Waals surface area contributed by atoms with E-state index in [-0.39, 0.29) is 31.6 Å². The molecule has 42 heavy (non-hydrogen) atoms. The van der Waals surface area contributed by atoms with Crippen LogP contribution >= 0.6 is 22.9 Å². The first kappa shape index (κ1) is 28.3. The third kappa shape index (κ3) is 5.40. The molecule has 0 N–H and O–H groups in total. The first-order valence-corrected chi connectivity index (χ1v) is 15.2. The van der Waals surface area contributed by atoms with Crippen molar-refractivity contribution in [1.82, 2.24) is 19.8 Å². The Morgan fingerprint density at radius 1 is 1.19 bits per heavy atom. The molecule has 2 atom stereocenters. The third-order valence-electron chi connectivity index (χ3n) is 8.21. The number of ether oxygens (including phenoxy) is 1. The summed E-state index contributed by atoms with van der Waals surface area (Å²) in [7, 11) is 2.09. The van der Waals surface area contributed by atoms with Gasteiger partial charge in [-0.2, -0.15) is 15.2 Å². The number of thiophene rings is 1. The van der Waals surface area contributed by atoms with E-state index < -0.39 is 17.8 Å². The summed E-state index contributed by atoms with van der Waals surface area (Å²) in [6, 6.07) is 14.3. The van der Waals surface area contributed by atoms with Crippen LogP contribution in [-0.4, -0.2) is 77.6 Å². The van der Waals surface area contributed by atoms with E-state index in [9.17, 15) is 14.4 Å². The molecule has 2 unspecified atom stereocenters. The van der Waals surface area contributed by atoms with Crippen LogP contribution in [0.3, 0.4) is 0 Å². The van der Waals surface area contributed by atoms with Gasteiger partial charge >= 0.3 is 6.01 Å². The minimum Gasteiger partial charge on any atom is -0.462 e. The second-order valence-electron chi connectivity index (χ2n) is 10.8. The lowest BCUT2D eigenvalue weighted by atomic mass is 10.00. The number of aromatic nitrogens is 2. The topological polar surface area (TPSA) is 85.6 Å². The maximum absolute atomic E-state index is 13.8. The number of carbonyl (C=O) groups is 1. The quantitative estimate of drug-likeness (QED) is 0.237. The minimum atomic E-state index is -1.04. The van der Waals surface area contributed by atoms with Crippen LogP contribution in [0, 0.1) is 11.3 Å². The smallest absolute Gasteiger partial charge is 0.319 e. The van der Waals surface area contributed by atoms with E-state index >= 15 is 0 Å². The van der Waals surface area contributed by atoms with Crippen molar-refractivity contribution in [1.29, 1.82) is 5.26 Å². The molecule has 11 heteroatoms. The van der Waals surface area contributed by atoms with Gasteiger partial charge < -0.3 is 19.4 Å². The molecule has 2 fully saturated rings. The summed E-state index contributed by atoms with van der Waals surface area (Å²) < 4.78 is 21.1. The highest BCUT2D eigenvalue weighted by atomic mass is 35.5. The number of benzene rings is 2. The average Bonchev–Trinajstić information content (AvgIpc) is 3.64. The van der Waals surface area contributed by atoms with Crippen LogP contribution in [0.25, 0.3) is 32.1 Å². The first-order valence-electron chi connectivity index (χ1n) is 13.9. The second kappa shape index (κ2) is 11.8. The van der Waals surface area contributed by atoms with E-state index in [0.717, 1.165) is 41.3 Å². The molecule has 2 aromatic heterocycles. The number of nitrogens with zero attached hydrogens (tertiary/aromatic N) is 6. The van der Waals surface area contributed by atoms with Crippen molar-refractivity contribution in [3.8, 4) is 23.2 Å². The number of amides is 1. The predicted octanol–water partition coefficient (Wildman–Crippen LogP) is 6.05. The molecule has 8 nitrogen and oxygen atoms in total. The van der Waals surface area contributed by atoms with Gasteiger partial charge in [0.15, 0.2) is 5.83 Å². The van der Waals surface area contributed by atoms with Gasteiger partial charge in [-0.1, -0.05) is 30.3 Å². The Bertz CT molecular complexity index is 1720. The molecule has 0 aliphatic carbocycles. The van der Waals surface area contributed by atoms with Crippen molar-refractivity contribution >= 4 is 55.7 Å². The number of likely N-dealkylation sites (N-methyl/N-ethyl adjacent to an activating group) is 1. The number of anilines is 1. The van der Waals surface area contributed by atoms with Crippen LogP contribution in [0.15, 0.2) is 54.2 Å². The fourth-order valence-corrected chi connectivity index (χ4v) is 7.04. The summed E-state index contributed by atoms with van der Waals surface area (Å²) >= 11 is 8.62. The van der Waals surface area contributed by atoms with Gasteiger partial charge in [-0.15, -0.1) is 11.3 Å². The maximum Gasteiger partial charge on any atom is 0.319 e. The first-order chi connectivity index (χ1) is 20.3. The van der Waals surface area contributed by atoms with Crippen LogP contribution in [-0.2, 0) is 4.79 Å². The number of halogens is 2. The molecule has 6 rings (SSSR count). The van der Waals surface area contributed by atoms with Crippen molar-refractivity contribution in [2.75, 3.05) is 44.7 Å². The Hall–Kier alpha value is -3.78. The molecule has 0 spiro atoms. The van der Waals surface area contributed by atoms with E-state index in [1.165, 1.54) is 9.60 Å². The Kier molecular flexibility index (Phi) is 7.99. The minimum absolute atomic E-state index is 0.0471. The van der Waals surface area contributed by atoms with E-state index in [1.807, 2.05) is 23.1 Å². The molecule has 2 saturated heterocycles. The zero-order valence-corrected chi connectivity index (χ0v) is 24.8. The SMILES string of the molecule is C=C(F)C(=O)N1CCN(c2nc(OCC3CCCN3C)nc3cc(-c4cccc5sccc45)c(Cl)cc23)CC1CC#N. The number of piperazine rings is 1. The Morgan fingerprint density at radius 2 is 2.05 bits per heavy atom. The van der Waals surface area contributed by atoms with Gasteiger partial charge in [0.1, 0.15) is 12.4 Å². The van der Waals surface area contributed by atoms with Gasteiger partial charge in [0.05, 0.1) is 24.0 Å². The summed E-state index contributed by atoms with van der Waals surface area (Å²) in [6.07, 6.45) is 2.22. The van der Waals surface area contributed by atoms with Gasteiger partial charge in [0.2, 0.25) is 0 Å². The van der Waals surface area contributed by atoms with Gasteiger partial charge in [-0.05, 0) is 61.6 Å². The van der Waals surface area contributed by atoms with Crippen LogP contribution in [0.2, 0.25) is 5.02 Å². The Balaban J connectivity index is 1.42. The average molecular weight is 605 g/mol. The largest absolute Gasteiger partial charge is 0.462 e. The van der Waals surface area contributed by atoms with E-state index in [2.05, 4.69) is 48.2 Å². The number of nitriles is 1. The Labute approximate surface area is 252 Å². The highest BCUT2D eigenvalue weighted by molar-refractivity contribution is 7.17. The molecule has 1 amide bonds. The van der Waals surface area contributed by atoms with Crippen LogP contribution < -0.4 is 9.64 Å². The molecule has 2 aliphatic heterocycles. The zero-order chi connectivity index (χ0) is 29.4. The van der Waals surface area contributed by atoms with Gasteiger partial charge in [-0.25, -0.2) is 4.39 Å². The third-order valence-corrected chi connectivity index (χ3v) is 9.40. The van der Waals surface area contributed by atoms with Crippen molar-refractivity contribution in [3.63, 3.8) is 0 Å². The molecule has 0 radical (unpaired) electrons. The molecule has 2 aliphatic rings. The molecule has 4 aromatic rings. The van der Waals surface area contributed by atoms with Crippen LogP contribution in [0.4, 0.5) is 10.2 Å². The molecule has 0 saturated carbocycles. The predicted molar refractivity (Wildman–Crippen MR) is 165 cm³/mol. The summed E-state index contributed by atoms with van der Waals surface area (Å²) in [5, 5.41) is 13.9. The summed E-state index contributed by atoms with van der Waals surface area (Å²) in [5.74, 6) is -1.22. The summed E-state index contributed by atoms with van der Waals surface area (Å²) in [5.41, 5.74) is 2.55. The van der Waals surface area contributed by atoms with Crippen LogP contribution in [0.5, 0.6) is 6.01 Å². The van der Waals surface area contributed by atoms with E-state index in [1.54, 1.807) is 11.3 Å². The highest BCUT2D eigenvalue weighted by Crippen LogP contribution is 2.40. The standard InChI is InChI=1S/C31H30ClFN6O2S/c1-19(33)30(40)39-13-12-38(17-20(39)8-10-34)29-25-15-26(32)24(22-6-3-7-28-23(22)9-14-42-28)16-27(25)35-31(36-29)41-18-21-5-4-11-37(21)2/h3,6-7,9,14-16,20-21H,1,4-5,8,11-13,17-18H2,2H3. The summed E-state index contributed by atoms with van der Waals surface area (Å²) in [4.78, 5) is 27.8. The molecular formula is C31H30ClFN6O2S. The van der Waals surface area contributed by atoms with Crippen molar-refractivity contribution in [2.45, 2.75) is 31.3 Å². The molecule has 216 valence electrons. The second-order valence-corrected chi connectivity index (χ2v) is 12.1. The van der Waals surface area contributed by atoms with Crippen molar-refractivity contribution in [2.24, 2.45) is 0 Å². The van der Waals surface area contributed by atoms with Crippen molar-refractivity contribution < 1.29 is 13.9 Å². The van der Waals surface area contributed by atoms with Gasteiger partial charge in [-0.3, -0.25) is 4.79 Å². The number of hydrogen-bond acceptors (Lipinski definition) is 8. The van der Waals surface area contributed by atoms with Crippen LogP contribution in [0.1, 0.15) is 19.3 Å². The number of fused-ring (bicyclic) bond motifs is 2. The van der Waals surface area contributed by atoms with Crippen molar-refractivity contribution in [3.05, 3.63) is 59.2 Å². The monoisotopic (exact) mass is 604 g/mol. The van der Waals surface area contributed by atoms with E-state index in [4.69, 9.17) is 26.3 Å². The number of likely N-dealkylation sites (tertiary alicyclic amines) is 1. The summed E-state index contributed by atoms with van der Waals surface area (Å²) in [6.45, 7) is 5.54. The van der Waals surface area contributed by atoms with Gasteiger partial charge in [0.25, 0.3) is 5.91 Å². The number of carbonyl (C=O) groups excluding carboxylic acids is 1. The van der Waals surface area contributed by atoms with Gasteiger partial charge in [0, 0.05) is 51.7 Å². The molecule has 2 aromatic carbocycles. The molecule has 0 bridgehead atoms. The lowest BCUT2D eigenvalue weighted by molar-refractivity contribution is -0.131. The lowest BCUT2D eigenvalue weighted by Gasteiger charge is -2.41. The normalized spacial score (nSPS) is 19.4. The Morgan fingerprint density at radius 3 is 2.81 bits per heavy atom. The fourth-order valence-electron chi connectivity index (χ4n) is 5.96. The zero-order valence-electron chi connectivity index (χ0n) is 23.2. The van der Waals surface area contributed by atoms with E-state index in [0.29, 0.717) is 29.5 Å². The number of hydrogen-bond donors (Lipinski definition) is 0. The fraction of sp³-hybridized carbons (Fsp3) is 0.355. The molecule has 4 heterocycles. The lowest BCUT2D eigenvalue weighted by Crippen LogP contribution is -2.55. The number of rotatable bonds is 7.